The predicted molar refractivity (Wildman–Crippen MR) is 191 cm³/mol. The molecule has 0 saturated carbocycles. The Morgan fingerprint density at radius 2 is 0.933 bits per heavy atom. The second kappa shape index (κ2) is 9.29. The molecular weight excluding hydrogens is 544 g/mol. The van der Waals surface area contributed by atoms with Crippen molar-refractivity contribution in [1.82, 2.24) is 0 Å². The van der Waals surface area contributed by atoms with E-state index >= 15 is 0 Å². The second-order valence-corrected chi connectivity index (χ2v) is 12.1. The Morgan fingerprint density at radius 3 is 1.69 bits per heavy atom. The van der Waals surface area contributed by atoms with Crippen LogP contribution < -0.4 is 0 Å². The summed E-state index contributed by atoms with van der Waals surface area (Å²) in [5, 5.41) is 12.6. The van der Waals surface area contributed by atoms with Gasteiger partial charge in [0.25, 0.3) is 0 Å². The van der Waals surface area contributed by atoms with Crippen molar-refractivity contribution in [2.75, 3.05) is 0 Å². The minimum Gasteiger partial charge on any atom is -0.455 e. The van der Waals surface area contributed by atoms with Gasteiger partial charge >= 0.3 is 0 Å². The Balaban J connectivity index is 1.19. The molecule has 0 unspecified atom stereocenters. The number of hydrogen-bond donors (Lipinski definition) is 0. The van der Waals surface area contributed by atoms with E-state index in [2.05, 4.69) is 158 Å². The van der Waals surface area contributed by atoms with Crippen LogP contribution in [0.2, 0.25) is 0 Å². The van der Waals surface area contributed by atoms with Gasteiger partial charge in [-0.3, -0.25) is 0 Å². The zero-order valence-electron chi connectivity index (χ0n) is 24.4. The molecule has 0 aliphatic heterocycles. The molecule has 0 fully saturated rings. The fourth-order valence-corrected chi connectivity index (χ4v) is 7.47. The maximum absolute atomic E-state index is 6.49. The molecule has 1 nitrogen and oxygen atoms in total. The maximum atomic E-state index is 6.49. The van der Waals surface area contributed by atoms with Gasteiger partial charge in [0.1, 0.15) is 11.2 Å². The first-order valence-corrected chi connectivity index (χ1v) is 15.5. The summed E-state index contributed by atoms with van der Waals surface area (Å²) in [4.78, 5) is 0. The second-order valence-electron chi connectivity index (χ2n) is 12.1. The molecule has 9 aromatic carbocycles. The summed E-state index contributed by atoms with van der Waals surface area (Å²) in [6.45, 7) is 0. The number of para-hydroxylation sites is 1. The van der Waals surface area contributed by atoms with E-state index in [1.807, 2.05) is 0 Å². The molecule has 0 N–H and O–H groups in total. The van der Waals surface area contributed by atoms with Crippen LogP contribution in [0.1, 0.15) is 0 Å². The lowest BCUT2D eigenvalue weighted by Gasteiger charge is -2.17. The van der Waals surface area contributed by atoms with Crippen LogP contribution in [-0.2, 0) is 0 Å². The van der Waals surface area contributed by atoms with Crippen LogP contribution in [-0.4, -0.2) is 0 Å². The van der Waals surface area contributed by atoms with Gasteiger partial charge in [-0.25, -0.2) is 0 Å². The van der Waals surface area contributed by atoms with Crippen molar-refractivity contribution in [2.45, 2.75) is 0 Å². The summed E-state index contributed by atoms with van der Waals surface area (Å²) in [5.74, 6) is 0. The third-order valence-corrected chi connectivity index (χ3v) is 9.62. The molecule has 0 radical (unpaired) electrons. The van der Waals surface area contributed by atoms with Gasteiger partial charge in [0.15, 0.2) is 0 Å². The molecule has 0 aliphatic rings. The molecule has 1 heteroatoms. The van der Waals surface area contributed by atoms with E-state index in [1.165, 1.54) is 65.3 Å². The highest BCUT2D eigenvalue weighted by Crippen LogP contribution is 2.44. The minimum absolute atomic E-state index is 0.912. The number of fused-ring (bicyclic) bond motifs is 4. The quantitative estimate of drug-likeness (QED) is 0.193. The normalized spacial score (nSPS) is 12.0. The van der Waals surface area contributed by atoms with E-state index in [-0.39, 0.29) is 0 Å². The Hall–Kier alpha value is -5.92. The third-order valence-electron chi connectivity index (χ3n) is 9.62. The molecule has 1 aromatic heterocycles. The molecule has 0 saturated heterocycles. The van der Waals surface area contributed by atoms with Crippen LogP contribution in [0.4, 0.5) is 0 Å². The van der Waals surface area contributed by atoms with Gasteiger partial charge in [-0.1, -0.05) is 140 Å². The monoisotopic (exact) mass is 570 g/mol. The van der Waals surface area contributed by atoms with Crippen molar-refractivity contribution in [1.29, 1.82) is 0 Å². The molecule has 10 rings (SSSR count). The van der Waals surface area contributed by atoms with Crippen molar-refractivity contribution >= 4 is 65.0 Å². The smallest absolute Gasteiger partial charge is 0.143 e. The summed E-state index contributed by atoms with van der Waals surface area (Å²) in [5.41, 5.74) is 9.09. The van der Waals surface area contributed by atoms with E-state index in [1.54, 1.807) is 0 Å². The van der Waals surface area contributed by atoms with Gasteiger partial charge in [0.2, 0.25) is 0 Å². The summed E-state index contributed by atoms with van der Waals surface area (Å²) in [7, 11) is 0. The van der Waals surface area contributed by atoms with Crippen LogP contribution in [0.5, 0.6) is 0 Å². The first kappa shape index (κ1) is 24.5. The van der Waals surface area contributed by atoms with Crippen molar-refractivity contribution in [3.8, 4) is 33.4 Å². The maximum Gasteiger partial charge on any atom is 0.143 e. The predicted octanol–water partition coefficient (Wildman–Crippen LogP) is 12.6. The number of benzene rings is 9. The Labute approximate surface area is 259 Å². The Morgan fingerprint density at radius 1 is 0.311 bits per heavy atom. The van der Waals surface area contributed by atoms with Crippen molar-refractivity contribution in [3.63, 3.8) is 0 Å². The molecule has 0 amide bonds. The van der Waals surface area contributed by atoms with Crippen molar-refractivity contribution < 1.29 is 4.42 Å². The Bertz CT molecular complexity index is 2750. The zero-order chi connectivity index (χ0) is 29.5. The average Bonchev–Trinajstić information content (AvgIpc) is 3.49. The average molecular weight is 571 g/mol. The van der Waals surface area contributed by atoms with Crippen LogP contribution in [0, 0.1) is 0 Å². The molecule has 1 heterocycles. The van der Waals surface area contributed by atoms with Crippen molar-refractivity contribution in [3.05, 3.63) is 158 Å². The van der Waals surface area contributed by atoms with E-state index in [9.17, 15) is 0 Å². The van der Waals surface area contributed by atoms with Crippen molar-refractivity contribution in [2.24, 2.45) is 0 Å². The molecule has 0 atom stereocenters. The van der Waals surface area contributed by atoms with E-state index in [0.717, 1.165) is 33.1 Å². The standard InChI is InChI=1S/C44H26O/c1-2-8-28(9-3-1)36-11-6-12-39-40-26-33(19-24-41(40)45-44(36)39)35-21-18-30-15-14-29-17-20-34(37-22-23-38(35)43(30)42(29)37)32-16-13-27-7-4-5-10-31(27)25-32/h1-26H. The molecule has 10 aromatic rings. The first-order chi connectivity index (χ1) is 22.3. The number of hydrogen-bond acceptors (Lipinski definition) is 1. The third kappa shape index (κ3) is 3.62. The van der Waals surface area contributed by atoms with Gasteiger partial charge < -0.3 is 4.42 Å². The minimum atomic E-state index is 0.912. The van der Waals surface area contributed by atoms with Crippen LogP contribution >= 0.6 is 0 Å². The van der Waals surface area contributed by atoms with E-state index in [0.29, 0.717) is 0 Å². The fraction of sp³-hybridized carbons (Fsp3) is 0. The highest BCUT2D eigenvalue weighted by Gasteiger charge is 2.17. The number of rotatable bonds is 3. The molecular formula is C44H26O. The zero-order valence-corrected chi connectivity index (χ0v) is 24.4. The largest absolute Gasteiger partial charge is 0.455 e. The van der Waals surface area contributed by atoms with Gasteiger partial charge in [-0.15, -0.1) is 0 Å². The van der Waals surface area contributed by atoms with Crippen LogP contribution in [0.25, 0.3) is 98.4 Å². The fourth-order valence-electron chi connectivity index (χ4n) is 7.47. The Kier molecular flexibility index (Phi) is 5.06. The van der Waals surface area contributed by atoms with Gasteiger partial charge in [0.05, 0.1) is 0 Å². The number of furan rings is 1. The molecule has 208 valence electrons. The summed E-state index contributed by atoms with van der Waals surface area (Å²) >= 11 is 0. The summed E-state index contributed by atoms with van der Waals surface area (Å²) in [6.07, 6.45) is 0. The van der Waals surface area contributed by atoms with Gasteiger partial charge in [-0.05, 0) is 89.1 Å². The van der Waals surface area contributed by atoms with E-state index < -0.39 is 0 Å². The SMILES string of the molecule is c1ccc(-c2cccc3c2oc2ccc(-c4ccc5ccc6ccc(-c7ccc8ccccc8c7)c7ccc4c5c67)cc23)cc1. The lowest BCUT2D eigenvalue weighted by Crippen LogP contribution is -1.89. The highest BCUT2D eigenvalue weighted by atomic mass is 16.3. The van der Waals surface area contributed by atoms with Gasteiger partial charge in [-0.2, -0.15) is 0 Å². The van der Waals surface area contributed by atoms with E-state index in [4.69, 9.17) is 4.42 Å². The van der Waals surface area contributed by atoms with Gasteiger partial charge in [0, 0.05) is 16.3 Å². The van der Waals surface area contributed by atoms with Crippen LogP contribution in [0.15, 0.2) is 162 Å². The first-order valence-electron chi connectivity index (χ1n) is 15.5. The topological polar surface area (TPSA) is 13.1 Å². The molecule has 0 bridgehead atoms. The lowest BCUT2D eigenvalue weighted by molar-refractivity contribution is 0.670. The highest BCUT2D eigenvalue weighted by molar-refractivity contribution is 6.28. The lowest BCUT2D eigenvalue weighted by atomic mass is 9.87. The summed E-state index contributed by atoms with van der Waals surface area (Å²) < 4.78 is 6.49. The molecule has 45 heavy (non-hydrogen) atoms. The molecule has 0 aliphatic carbocycles. The summed E-state index contributed by atoms with van der Waals surface area (Å²) in [6, 6.07) is 57.3. The van der Waals surface area contributed by atoms with Crippen LogP contribution in [0.3, 0.4) is 0 Å². The molecule has 0 spiro atoms.